The third-order valence-electron chi connectivity index (χ3n) is 10.6. The van der Waals surface area contributed by atoms with E-state index in [0.29, 0.717) is 18.9 Å². The summed E-state index contributed by atoms with van der Waals surface area (Å²) in [7, 11) is 2.73. The Morgan fingerprint density at radius 1 is 0.759 bits per heavy atom. The zero-order valence-electron chi connectivity index (χ0n) is 31.7. The molecule has 286 valence electrons. The van der Waals surface area contributed by atoms with Gasteiger partial charge in [-0.05, 0) is 59.8 Å². The van der Waals surface area contributed by atoms with Gasteiger partial charge in [-0.2, -0.15) is 0 Å². The normalized spacial score (nSPS) is 18.2. The highest BCUT2D eigenvalue weighted by molar-refractivity contribution is 5.87. The molecule has 6 rings (SSSR count). The number of ether oxygens (including phenoxy) is 1. The SMILES string of the molecule is COC(=O)N[C@@H](C(=O)N1CCCC1c1ncc(-c2ccc(-c3ccc(-c4cnc([C@H]5CCCN5C(=O)[C@H](C(C)C)N(C)C(=O)O)[nH]4)cc3)cc2)[nH]1)C(C)C. The van der Waals surface area contributed by atoms with E-state index in [-0.39, 0.29) is 35.7 Å². The number of carbonyl (C=O) groups is 4. The summed E-state index contributed by atoms with van der Waals surface area (Å²) >= 11 is 0. The highest BCUT2D eigenvalue weighted by atomic mass is 16.5. The van der Waals surface area contributed by atoms with E-state index in [2.05, 4.69) is 49.5 Å². The lowest BCUT2D eigenvalue weighted by Gasteiger charge is -2.33. The first-order valence-corrected chi connectivity index (χ1v) is 18.6. The van der Waals surface area contributed by atoms with E-state index in [4.69, 9.17) is 4.74 Å². The van der Waals surface area contributed by atoms with E-state index in [1.54, 1.807) is 22.2 Å². The molecule has 0 bridgehead atoms. The van der Waals surface area contributed by atoms with Crippen LogP contribution in [0.15, 0.2) is 60.9 Å². The molecule has 2 aliphatic heterocycles. The van der Waals surface area contributed by atoms with Gasteiger partial charge in [-0.25, -0.2) is 19.6 Å². The lowest BCUT2D eigenvalue weighted by molar-refractivity contribution is -0.138. The number of nitrogens with zero attached hydrogens (tertiary/aromatic N) is 5. The highest BCUT2D eigenvalue weighted by Gasteiger charge is 2.40. The van der Waals surface area contributed by atoms with Gasteiger partial charge in [0.1, 0.15) is 23.7 Å². The number of amides is 4. The summed E-state index contributed by atoms with van der Waals surface area (Å²) in [5.74, 6) is 0.793. The van der Waals surface area contributed by atoms with Crippen molar-refractivity contribution in [1.29, 1.82) is 0 Å². The van der Waals surface area contributed by atoms with E-state index in [1.807, 2.05) is 52.0 Å². The van der Waals surface area contributed by atoms with E-state index in [9.17, 15) is 24.3 Å². The lowest BCUT2D eigenvalue weighted by Crippen LogP contribution is -2.51. The maximum atomic E-state index is 13.6. The molecule has 4 amide bonds. The molecule has 2 aromatic carbocycles. The maximum Gasteiger partial charge on any atom is 0.407 e. The number of hydrogen-bond acceptors (Lipinski definition) is 7. The molecular weight excluding hydrogens is 688 g/mol. The van der Waals surface area contributed by atoms with Gasteiger partial charge in [0.25, 0.3) is 0 Å². The summed E-state index contributed by atoms with van der Waals surface area (Å²) < 4.78 is 4.75. The summed E-state index contributed by atoms with van der Waals surface area (Å²) in [5.41, 5.74) is 5.71. The number of carbonyl (C=O) groups excluding carboxylic acids is 3. The molecule has 2 saturated heterocycles. The van der Waals surface area contributed by atoms with Gasteiger partial charge in [0.05, 0.1) is 43.0 Å². The topological polar surface area (TPSA) is 177 Å². The molecule has 0 saturated carbocycles. The fourth-order valence-corrected chi connectivity index (χ4v) is 7.68. The second-order valence-electron chi connectivity index (χ2n) is 14.8. The highest BCUT2D eigenvalue weighted by Crippen LogP contribution is 2.35. The Labute approximate surface area is 315 Å². The van der Waals surface area contributed by atoms with Crippen molar-refractivity contribution in [2.45, 2.75) is 77.5 Å². The number of methoxy groups -OCH3 is 1. The molecule has 0 spiro atoms. The predicted molar refractivity (Wildman–Crippen MR) is 203 cm³/mol. The van der Waals surface area contributed by atoms with Gasteiger partial charge < -0.3 is 34.9 Å². The molecule has 14 nitrogen and oxygen atoms in total. The van der Waals surface area contributed by atoms with Crippen LogP contribution in [-0.4, -0.2) is 103 Å². The van der Waals surface area contributed by atoms with Gasteiger partial charge >= 0.3 is 12.2 Å². The molecule has 2 aliphatic rings. The average Bonchev–Trinajstić information content (AvgIpc) is 4.00. The fourth-order valence-electron chi connectivity index (χ4n) is 7.68. The number of alkyl carbamates (subject to hydrolysis) is 1. The number of nitrogens with one attached hydrogen (secondary N) is 3. The number of likely N-dealkylation sites (N-methyl/N-ethyl adjacent to an activating group) is 1. The van der Waals surface area contributed by atoms with Gasteiger partial charge in [-0.15, -0.1) is 0 Å². The molecule has 4 aromatic rings. The van der Waals surface area contributed by atoms with Crippen LogP contribution >= 0.6 is 0 Å². The number of aromatic nitrogens is 4. The third-order valence-corrected chi connectivity index (χ3v) is 10.6. The second-order valence-corrected chi connectivity index (χ2v) is 14.8. The van der Waals surface area contributed by atoms with Crippen molar-refractivity contribution < 1.29 is 29.0 Å². The number of benzene rings is 2. The molecule has 4 atom stereocenters. The number of rotatable bonds is 11. The van der Waals surface area contributed by atoms with Crippen molar-refractivity contribution in [2.75, 3.05) is 27.2 Å². The van der Waals surface area contributed by atoms with Crippen LogP contribution in [-0.2, 0) is 14.3 Å². The first-order valence-electron chi connectivity index (χ1n) is 18.6. The molecule has 4 N–H and O–H groups in total. The molecule has 14 heteroatoms. The van der Waals surface area contributed by atoms with Crippen LogP contribution in [0.5, 0.6) is 0 Å². The Kier molecular flexibility index (Phi) is 11.4. The minimum atomic E-state index is -1.13. The summed E-state index contributed by atoms with van der Waals surface area (Å²) in [6.07, 6.45) is 5.02. The Balaban J connectivity index is 1.11. The molecule has 54 heavy (non-hydrogen) atoms. The second kappa shape index (κ2) is 16.1. The van der Waals surface area contributed by atoms with Crippen LogP contribution in [0.3, 0.4) is 0 Å². The molecule has 1 unspecified atom stereocenters. The first kappa shape index (κ1) is 38.1. The number of aromatic amines is 2. The summed E-state index contributed by atoms with van der Waals surface area (Å²) in [6.45, 7) is 8.66. The van der Waals surface area contributed by atoms with Gasteiger partial charge in [0.15, 0.2) is 0 Å². The minimum Gasteiger partial charge on any atom is -0.465 e. The van der Waals surface area contributed by atoms with E-state index < -0.39 is 24.3 Å². The average molecular weight is 739 g/mol. The monoisotopic (exact) mass is 738 g/mol. The smallest absolute Gasteiger partial charge is 0.407 e. The van der Waals surface area contributed by atoms with Crippen molar-refractivity contribution in [2.24, 2.45) is 11.8 Å². The maximum absolute atomic E-state index is 13.6. The van der Waals surface area contributed by atoms with Crippen LogP contribution in [0.2, 0.25) is 0 Å². The largest absolute Gasteiger partial charge is 0.465 e. The van der Waals surface area contributed by atoms with Crippen LogP contribution in [0.1, 0.15) is 77.1 Å². The number of H-pyrrole nitrogens is 2. The zero-order valence-corrected chi connectivity index (χ0v) is 31.7. The first-order chi connectivity index (χ1) is 25.9. The van der Waals surface area contributed by atoms with Crippen molar-refractivity contribution in [3.63, 3.8) is 0 Å². The minimum absolute atomic E-state index is 0.107. The van der Waals surface area contributed by atoms with E-state index in [0.717, 1.165) is 70.0 Å². The Morgan fingerprint density at radius 2 is 1.20 bits per heavy atom. The number of hydrogen-bond donors (Lipinski definition) is 4. The van der Waals surface area contributed by atoms with Crippen LogP contribution < -0.4 is 5.32 Å². The predicted octanol–water partition coefficient (Wildman–Crippen LogP) is 6.48. The van der Waals surface area contributed by atoms with Gasteiger partial charge in [0, 0.05) is 20.1 Å². The van der Waals surface area contributed by atoms with Crippen LogP contribution in [0.25, 0.3) is 33.6 Å². The zero-order chi connectivity index (χ0) is 38.7. The number of carboxylic acid groups (broad SMARTS) is 1. The van der Waals surface area contributed by atoms with Crippen molar-refractivity contribution >= 4 is 24.0 Å². The molecule has 2 aromatic heterocycles. The molecule has 0 aliphatic carbocycles. The lowest BCUT2D eigenvalue weighted by atomic mass is 10.0. The number of imidazole rings is 2. The van der Waals surface area contributed by atoms with Crippen LogP contribution in [0, 0.1) is 11.8 Å². The van der Waals surface area contributed by atoms with Gasteiger partial charge in [-0.1, -0.05) is 76.2 Å². The van der Waals surface area contributed by atoms with E-state index >= 15 is 0 Å². The fraction of sp³-hybridized carbons (Fsp3) is 0.450. The van der Waals surface area contributed by atoms with E-state index in [1.165, 1.54) is 14.2 Å². The molecular formula is C40H50N8O6. The number of likely N-dealkylation sites (tertiary alicyclic amines) is 2. The van der Waals surface area contributed by atoms with Gasteiger partial charge in [0.2, 0.25) is 11.8 Å². The summed E-state index contributed by atoms with van der Waals surface area (Å²) in [4.78, 5) is 71.6. The molecule has 2 fully saturated rings. The van der Waals surface area contributed by atoms with Crippen molar-refractivity contribution in [3.8, 4) is 33.6 Å². The third kappa shape index (κ3) is 7.82. The Morgan fingerprint density at radius 3 is 1.61 bits per heavy atom. The van der Waals surface area contributed by atoms with Crippen molar-refractivity contribution in [1.82, 2.24) is 40.0 Å². The molecule has 4 heterocycles. The molecule has 0 radical (unpaired) electrons. The standard InChI is InChI=1S/C40H50N8O6/c1-23(2)33(45-39(51)54-6)37(49)47-19-7-9-31(47)35-41-21-29(43-35)27-15-11-25(12-16-27)26-13-17-28(18-14-26)30-22-42-36(44-30)32-10-8-20-48(32)38(50)34(24(3)4)46(5)40(52)53/h11-18,21-24,31-34H,7-10,19-20H2,1-6H3,(H,41,43)(H,42,44)(H,45,51)(H,52,53)/t31?,32-,33-,34+/m1/s1. The quantitative estimate of drug-likeness (QED) is 0.135. The Bertz CT molecular complexity index is 1950. The summed E-state index contributed by atoms with van der Waals surface area (Å²) in [5, 5.41) is 12.3. The Hall–Kier alpha value is -5.66. The van der Waals surface area contributed by atoms with Gasteiger partial charge in [-0.3, -0.25) is 14.5 Å². The van der Waals surface area contributed by atoms with Crippen molar-refractivity contribution in [3.05, 3.63) is 72.6 Å². The van der Waals surface area contributed by atoms with Crippen LogP contribution in [0.4, 0.5) is 9.59 Å². The summed E-state index contributed by atoms with van der Waals surface area (Å²) in [6, 6.07) is 14.5.